The van der Waals surface area contributed by atoms with E-state index in [2.05, 4.69) is 25.6 Å². The first kappa shape index (κ1) is 11.6. The van der Waals surface area contributed by atoms with Gasteiger partial charge in [0.1, 0.15) is 11.6 Å². The summed E-state index contributed by atoms with van der Waals surface area (Å²) in [7, 11) is 1.81. The minimum absolute atomic E-state index is 0.490. The topological polar surface area (TPSA) is 62.7 Å². The Hall–Kier alpha value is -1.88. The van der Waals surface area contributed by atoms with Crippen LogP contribution in [0.2, 0.25) is 5.02 Å². The van der Waals surface area contributed by atoms with Gasteiger partial charge in [0.15, 0.2) is 0 Å². The van der Waals surface area contributed by atoms with Crippen LogP contribution >= 0.6 is 11.6 Å². The highest BCUT2D eigenvalue weighted by Gasteiger charge is 2.02. The van der Waals surface area contributed by atoms with E-state index in [4.69, 9.17) is 11.6 Å². The van der Waals surface area contributed by atoms with Gasteiger partial charge in [0.05, 0.1) is 0 Å². The molecule has 2 aromatic rings. The molecule has 2 rings (SSSR count). The Morgan fingerprint density at radius 2 is 2.00 bits per heavy atom. The number of pyridine rings is 1. The highest BCUT2D eigenvalue weighted by atomic mass is 35.5. The third-order valence-electron chi connectivity index (χ3n) is 2.07. The van der Waals surface area contributed by atoms with Gasteiger partial charge in [-0.05, 0) is 19.1 Å². The molecule has 2 aromatic heterocycles. The van der Waals surface area contributed by atoms with E-state index in [-0.39, 0.29) is 0 Å². The third-order valence-corrected chi connectivity index (χ3v) is 2.31. The zero-order chi connectivity index (χ0) is 12.3. The van der Waals surface area contributed by atoms with Gasteiger partial charge in [0.25, 0.3) is 0 Å². The Morgan fingerprint density at radius 3 is 2.71 bits per heavy atom. The maximum Gasteiger partial charge on any atom is 0.230 e. The number of rotatable bonds is 3. The predicted octanol–water partition coefficient (Wildman–Crippen LogP) is 2.62. The molecular weight excluding hydrogens is 238 g/mol. The molecule has 88 valence electrons. The first-order valence-electron chi connectivity index (χ1n) is 5.09. The van der Waals surface area contributed by atoms with Gasteiger partial charge in [-0.2, -0.15) is 4.98 Å². The fourth-order valence-corrected chi connectivity index (χ4v) is 1.50. The van der Waals surface area contributed by atoms with Crippen molar-refractivity contribution >= 4 is 29.2 Å². The summed E-state index contributed by atoms with van der Waals surface area (Å²) < 4.78 is 0. The fraction of sp³-hybridized carbons (Fsp3) is 0.182. The molecule has 0 radical (unpaired) electrons. The zero-order valence-corrected chi connectivity index (χ0v) is 10.3. The van der Waals surface area contributed by atoms with Gasteiger partial charge in [-0.15, -0.1) is 0 Å². The Labute approximate surface area is 104 Å². The van der Waals surface area contributed by atoms with Crippen LogP contribution in [0.25, 0.3) is 0 Å². The summed E-state index contributed by atoms with van der Waals surface area (Å²) in [5, 5.41) is 6.59. The molecule has 0 aromatic carbocycles. The molecule has 0 saturated heterocycles. The lowest BCUT2D eigenvalue weighted by Gasteiger charge is -2.07. The van der Waals surface area contributed by atoms with Crippen LogP contribution in [0.15, 0.2) is 24.4 Å². The second-order valence-electron chi connectivity index (χ2n) is 3.45. The van der Waals surface area contributed by atoms with Gasteiger partial charge >= 0.3 is 0 Å². The molecule has 0 unspecified atom stereocenters. The van der Waals surface area contributed by atoms with E-state index in [1.165, 1.54) is 0 Å². The van der Waals surface area contributed by atoms with Crippen molar-refractivity contribution in [3.63, 3.8) is 0 Å². The van der Waals surface area contributed by atoms with E-state index in [1.54, 1.807) is 18.3 Å². The van der Waals surface area contributed by atoms with E-state index in [0.29, 0.717) is 16.8 Å². The van der Waals surface area contributed by atoms with E-state index in [1.807, 2.05) is 20.0 Å². The molecule has 0 spiro atoms. The number of nitrogens with one attached hydrogen (secondary N) is 2. The summed E-state index contributed by atoms with van der Waals surface area (Å²) in [6.07, 6.45) is 1.62. The largest absolute Gasteiger partial charge is 0.373 e. The number of hydrogen-bond acceptors (Lipinski definition) is 5. The van der Waals surface area contributed by atoms with Crippen LogP contribution < -0.4 is 10.6 Å². The lowest BCUT2D eigenvalue weighted by molar-refractivity contribution is 1.09. The minimum Gasteiger partial charge on any atom is -0.373 e. The second kappa shape index (κ2) is 4.97. The van der Waals surface area contributed by atoms with Gasteiger partial charge in [-0.3, -0.25) is 0 Å². The highest BCUT2D eigenvalue weighted by Crippen LogP contribution is 2.16. The summed E-state index contributed by atoms with van der Waals surface area (Å²) >= 11 is 5.87. The van der Waals surface area contributed by atoms with E-state index < -0.39 is 0 Å². The van der Waals surface area contributed by atoms with Crippen LogP contribution in [0.5, 0.6) is 0 Å². The van der Waals surface area contributed by atoms with Crippen molar-refractivity contribution < 1.29 is 0 Å². The van der Waals surface area contributed by atoms with Crippen LogP contribution in [0.4, 0.5) is 17.6 Å². The molecule has 0 aliphatic heterocycles. The SMILES string of the molecule is CNc1cc(C)nc(Nc2cc(Cl)ccn2)n1. The van der Waals surface area contributed by atoms with E-state index >= 15 is 0 Å². The van der Waals surface area contributed by atoms with Crippen molar-refractivity contribution in [3.8, 4) is 0 Å². The number of halogens is 1. The summed E-state index contributed by atoms with van der Waals surface area (Å²) in [5.41, 5.74) is 0.869. The van der Waals surface area contributed by atoms with E-state index in [9.17, 15) is 0 Å². The molecule has 2 heterocycles. The van der Waals surface area contributed by atoms with Crippen molar-refractivity contribution in [2.45, 2.75) is 6.92 Å². The van der Waals surface area contributed by atoms with E-state index in [0.717, 1.165) is 11.5 Å². The van der Waals surface area contributed by atoms with Gasteiger partial charge in [-0.25, -0.2) is 9.97 Å². The maximum atomic E-state index is 5.87. The molecule has 0 saturated carbocycles. The van der Waals surface area contributed by atoms with Crippen molar-refractivity contribution in [1.29, 1.82) is 0 Å². The molecule has 0 aliphatic carbocycles. The molecule has 17 heavy (non-hydrogen) atoms. The van der Waals surface area contributed by atoms with Gasteiger partial charge in [0.2, 0.25) is 5.95 Å². The van der Waals surface area contributed by atoms with Crippen LogP contribution in [0.1, 0.15) is 5.69 Å². The molecule has 2 N–H and O–H groups in total. The lowest BCUT2D eigenvalue weighted by atomic mass is 10.4. The van der Waals surface area contributed by atoms with Crippen LogP contribution in [-0.2, 0) is 0 Å². The molecule has 0 atom stereocenters. The van der Waals surface area contributed by atoms with Crippen molar-refractivity contribution in [2.24, 2.45) is 0 Å². The number of hydrogen-bond donors (Lipinski definition) is 2. The molecule has 0 amide bonds. The minimum atomic E-state index is 0.490. The van der Waals surface area contributed by atoms with Gasteiger partial charge < -0.3 is 10.6 Å². The molecule has 5 nitrogen and oxygen atoms in total. The first-order chi connectivity index (χ1) is 8.17. The highest BCUT2D eigenvalue weighted by molar-refractivity contribution is 6.30. The average Bonchev–Trinajstić information content (AvgIpc) is 2.28. The molecule has 0 bridgehead atoms. The standard InChI is InChI=1S/C11H12ClN5/c1-7-5-9(13-2)16-11(15-7)17-10-6-8(12)3-4-14-10/h3-6H,1-2H3,(H2,13,14,15,16,17). The smallest absolute Gasteiger partial charge is 0.230 e. The quantitative estimate of drug-likeness (QED) is 0.876. The monoisotopic (exact) mass is 249 g/mol. The molecule has 6 heteroatoms. The maximum absolute atomic E-state index is 5.87. The molecular formula is C11H12ClN5. The average molecular weight is 250 g/mol. The van der Waals surface area contributed by atoms with Crippen molar-refractivity contribution in [3.05, 3.63) is 35.1 Å². The third kappa shape index (κ3) is 3.04. The Bertz CT molecular complexity index is 529. The van der Waals surface area contributed by atoms with Crippen LogP contribution in [0, 0.1) is 6.92 Å². The Kier molecular flexibility index (Phi) is 3.39. The molecule has 0 fully saturated rings. The number of anilines is 3. The van der Waals surface area contributed by atoms with Crippen LogP contribution in [0.3, 0.4) is 0 Å². The van der Waals surface area contributed by atoms with Gasteiger partial charge in [0, 0.05) is 30.0 Å². The summed E-state index contributed by atoms with van der Waals surface area (Å²) in [5.74, 6) is 1.86. The lowest BCUT2D eigenvalue weighted by Crippen LogP contribution is -2.02. The van der Waals surface area contributed by atoms with Crippen LogP contribution in [-0.4, -0.2) is 22.0 Å². The second-order valence-corrected chi connectivity index (χ2v) is 3.89. The van der Waals surface area contributed by atoms with Gasteiger partial charge in [-0.1, -0.05) is 11.6 Å². The van der Waals surface area contributed by atoms with Crippen molar-refractivity contribution in [1.82, 2.24) is 15.0 Å². The predicted molar refractivity (Wildman–Crippen MR) is 68.8 cm³/mol. The summed E-state index contributed by atoms with van der Waals surface area (Å²) in [6, 6.07) is 5.28. The first-order valence-corrected chi connectivity index (χ1v) is 5.47. The Morgan fingerprint density at radius 1 is 1.18 bits per heavy atom. The normalized spacial score (nSPS) is 10.1. The Balaban J connectivity index is 2.26. The van der Waals surface area contributed by atoms with Crippen molar-refractivity contribution in [2.75, 3.05) is 17.7 Å². The summed E-state index contributed by atoms with van der Waals surface area (Å²) in [6.45, 7) is 1.90. The number of nitrogens with zero attached hydrogens (tertiary/aromatic N) is 3. The zero-order valence-electron chi connectivity index (χ0n) is 9.53. The number of aryl methyl sites for hydroxylation is 1. The molecule has 0 aliphatic rings. The summed E-state index contributed by atoms with van der Waals surface area (Å²) in [4.78, 5) is 12.6. The number of aromatic nitrogens is 3. The fourth-order valence-electron chi connectivity index (χ4n) is 1.34.